The maximum Gasteiger partial charge on any atom is 0.494 e. The molecule has 58 heavy (non-hydrogen) atoms. The molecule has 3 heterocycles. The number of nitrogens with zero attached hydrogens (tertiary/aromatic N) is 2. The number of aryl methyl sites for hydroxylation is 2. The molecule has 1 aliphatic rings. The van der Waals surface area contributed by atoms with Crippen molar-refractivity contribution < 1.29 is 37.8 Å². The fraction of sp³-hybridized carbons (Fsp3) is 0.429. The summed E-state index contributed by atoms with van der Waals surface area (Å²) < 4.78 is 37.2. The van der Waals surface area contributed by atoms with Gasteiger partial charge >= 0.3 is 19.3 Å². The molecule has 0 saturated carbocycles. The summed E-state index contributed by atoms with van der Waals surface area (Å²) in [5, 5.41) is 5.37. The standard InChI is InChI=1S/C18H28BNO5.C18H22N2O4.C6H6BrNO/c1-16(2,3)23-15(21)20-13-10-9-12(11-14(13)22-8)19-24-17(4,5)18(6,7)25-19;1-18(2,3)24-17(22)19-14-7-6-12(10-15(14)23-5)13-8-9-20(4)16(21)11-13;1-8-3-2-5(7)4-6(8)9/h9-11H,1-8H3,(H,20,21);6-11H,1-5H3,(H,19,22);2-4H,1H3. The number of halogens is 1. The molecule has 0 aliphatic carbocycles. The number of carbonyl (C=O) groups is 2. The molecule has 0 atom stereocenters. The van der Waals surface area contributed by atoms with Gasteiger partial charge in [0, 0.05) is 43.1 Å². The molecule has 1 saturated heterocycles. The van der Waals surface area contributed by atoms with Gasteiger partial charge in [0.05, 0.1) is 36.8 Å². The van der Waals surface area contributed by atoms with Gasteiger partial charge < -0.3 is 37.4 Å². The Balaban J connectivity index is 0.000000256. The Bertz CT molecular complexity index is 2170. The van der Waals surface area contributed by atoms with Gasteiger partial charge in [-0.1, -0.05) is 28.1 Å². The minimum atomic E-state index is -0.582. The van der Waals surface area contributed by atoms with E-state index in [1.54, 1.807) is 84.7 Å². The first-order valence-electron chi connectivity index (χ1n) is 18.4. The average molecular weight is 868 g/mol. The molecule has 0 unspecified atom stereocenters. The predicted molar refractivity (Wildman–Crippen MR) is 231 cm³/mol. The minimum Gasteiger partial charge on any atom is -0.495 e. The first-order chi connectivity index (χ1) is 26.7. The lowest BCUT2D eigenvalue weighted by Gasteiger charge is -2.32. The lowest BCUT2D eigenvalue weighted by Crippen LogP contribution is -2.41. The summed E-state index contributed by atoms with van der Waals surface area (Å²) >= 11 is 3.18. The van der Waals surface area contributed by atoms with E-state index in [1.165, 1.54) is 22.3 Å². The van der Waals surface area contributed by atoms with E-state index in [2.05, 4.69) is 26.6 Å². The number of aromatic nitrogens is 2. The normalized spacial score (nSPS) is 14.2. The molecule has 16 heteroatoms. The summed E-state index contributed by atoms with van der Waals surface area (Å²) in [6.07, 6.45) is 2.33. The van der Waals surface area contributed by atoms with Crippen LogP contribution in [0.3, 0.4) is 0 Å². The smallest absolute Gasteiger partial charge is 0.494 e. The third-order valence-corrected chi connectivity index (χ3v) is 9.22. The van der Waals surface area contributed by atoms with Crippen molar-refractivity contribution in [3.05, 3.63) is 98.2 Å². The van der Waals surface area contributed by atoms with Gasteiger partial charge in [-0.15, -0.1) is 0 Å². The zero-order valence-electron chi connectivity index (χ0n) is 35.9. The van der Waals surface area contributed by atoms with Crippen molar-refractivity contribution in [2.75, 3.05) is 24.9 Å². The molecular formula is C42H56BBrN4O10. The SMILES string of the molecule is COc1cc(-c2ccn(C)c(=O)c2)ccc1NC(=O)OC(C)(C)C.COc1cc(B2OC(C)(C)C(C)(C)O2)ccc1NC(=O)OC(C)(C)C.Cn1ccc(Br)cc1=O. The maximum absolute atomic E-state index is 12.0. The Hall–Kier alpha value is -5.06. The Morgan fingerprint density at radius 2 is 1.09 bits per heavy atom. The Morgan fingerprint density at radius 1 is 0.655 bits per heavy atom. The van der Waals surface area contributed by atoms with E-state index in [-0.39, 0.29) is 11.1 Å². The second-order valence-electron chi connectivity index (χ2n) is 16.4. The number of ether oxygens (including phenoxy) is 4. The summed E-state index contributed by atoms with van der Waals surface area (Å²) in [6, 6.07) is 17.4. The van der Waals surface area contributed by atoms with Crippen LogP contribution in [0.15, 0.2) is 87.1 Å². The molecule has 0 spiro atoms. The molecule has 2 aromatic carbocycles. The number of benzene rings is 2. The van der Waals surface area contributed by atoms with Gasteiger partial charge in [-0.05, 0) is 122 Å². The van der Waals surface area contributed by atoms with Crippen LogP contribution in [0.4, 0.5) is 21.0 Å². The van der Waals surface area contributed by atoms with E-state index in [0.717, 1.165) is 21.1 Å². The molecular weight excluding hydrogens is 811 g/mol. The lowest BCUT2D eigenvalue weighted by atomic mass is 9.79. The molecule has 314 valence electrons. The third kappa shape index (κ3) is 13.8. The van der Waals surface area contributed by atoms with Crippen molar-refractivity contribution in [2.45, 2.75) is 91.6 Å². The number of methoxy groups -OCH3 is 2. The molecule has 0 radical (unpaired) electrons. The molecule has 5 rings (SSSR count). The number of hydrogen-bond donors (Lipinski definition) is 2. The van der Waals surface area contributed by atoms with Crippen LogP contribution < -0.4 is 36.7 Å². The molecule has 0 bridgehead atoms. The summed E-state index contributed by atoms with van der Waals surface area (Å²) in [7, 11) is 5.98. The number of anilines is 2. The van der Waals surface area contributed by atoms with E-state index in [0.29, 0.717) is 22.9 Å². The highest BCUT2D eigenvalue weighted by Gasteiger charge is 2.51. The highest BCUT2D eigenvalue weighted by molar-refractivity contribution is 9.10. The van der Waals surface area contributed by atoms with E-state index >= 15 is 0 Å². The predicted octanol–water partition coefficient (Wildman–Crippen LogP) is 7.90. The quantitative estimate of drug-likeness (QED) is 0.183. The van der Waals surface area contributed by atoms with Gasteiger partial charge in [0.25, 0.3) is 11.1 Å². The molecule has 2 N–H and O–H groups in total. The van der Waals surface area contributed by atoms with Crippen molar-refractivity contribution in [3.8, 4) is 22.6 Å². The summed E-state index contributed by atoms with van der Waals surface area (Å²) in [6.45, 7) is 18.8. The minimum absolute atomic E-state index is 0.00405. The van der Waals surface area contributed by atoms with Crippen LogP contribution in [-0.2, 0) is 32.9 Å². The van der Waals surface area contributed by atoms with Gasteiger partial charge in [-0.25, -0.2) is 9.59 Å². The van der Waals surface area contributed by atoms with Crippen LogP contribution in [-0.4, -0.2) is 65.1 Å². The number of amides is 2. The molecule has 4 aromatic rings. The fourth-order valence-corrected chi connectivity index (χ4v) is 5.30. The molecule has 2 amide bonds. The second-order valence-corrected chi connectivity index (χ2v) is 17.3. The monoisotopic (exact) mass is 866 g/mol. The average Bonchev–Trinajstić information content (AvgIpc) is 3.32. The topological polar surface area (TPSA) is 158 Å². The first-order valence-corrected chi connectivity index (χ1v) is 19.2. The van der Waals surface area contributed by atoms with Gasteiger partial charge in [0.1, 0.15) is 22.7 Å². The first kappa shape index (κ1) is 47.3. The van der Waals surface area contributed by atoms with Crippen molar-refractivity contribution in [1.29, 1.82) is 0 Å². The van der Waals surface area contributed by atoms with Crippen LogP contribution in [0, 0.1) is 0 Å². The number of pyridine rings is 2. The van der Waals surface area contributed by atoms with E-state index < -0.39 is 41.7 Å². The summed E-state index contributed by atoms with van der Waals surface area (Å²) in [5.41, 5.74) is 1.37. The zero-order chi connectivity index (χ0) is 43.8. The zero-order valence-corrected chi connectivity index (χ0v) is 37.4. The highest BCUT2D eigenvalue weighted by atomic mass is 79.9. The van der Waals surface area contributed by atoms with Crippen molar-refractivity contribution in [3.63, 3.8) is 0 Å². The van der Waals surface area contributed by atoms with Crippen LogP contribution in [0.5, 0.6) is 11.5 Å². The summed E-state index contributed by atoms with van der Waals surface area (Å²) in [4.78, 5) is 46.4. The number of rotatable bonds is 6. The highest BCUT2D eigenvalue weighted by Crippen LogP contribution is 2.37. The molecule has 1 aliphatic heterocycles. The van der Waals surface area contributed by atoms with Gasteiger partial charge in [-0.3, -0.25) is 20.2 Å². The Kier molecular flexibility index (Phi) is 15.6. The van der Waals surface area contributed by atoms with Crippen LogP contribution in [0.25, 0.3) is 11.1 Å². The maximum atomic E-state index is 12.0. The number of carbonyl (C=O) groups excluding carboxylic acids is 2. The second kappa shape index (κ2) is 19.1. The molecule has 14 nitrogen and oxygen atoms in total. The van der Waals surface area contributed by atoms with Crippen molar-refractivity contribution in [1.82, 2.24) is 9.13 Å². The number of nitrogens with one attached hydrogen (secondary N) is 2. The van der Waals surface area contributed by atoms with Gasteiger partial charge in [-0.2, -0.15) is 0 Å². The van der Waals surface area contributed by atoms with E-state index in [1.807, 2.05) is 72.7 Å². The summed E-state index contributed by atoms with van der Waals surface area (Å²) in [5.74, 6) is 0.997. The van der Waals surface area contributed by atoms with Crippen LogP contribution in [0.1, 0.15) is 69.2 Å². The van der Waals surface area contributed by atoms with Crippen LogP contribution in [0.2, 0.25) is 0 Å². The van der Waals surface area contributed by atoms with E-state index in [9.17, 15) is 19.2 Å². The third-order valence-electron chi connectivity index (χ3n) is 8.73. The van der Waals surface area contributed by atoms with Crippen molar-refractivity contribution >= 4 is 52.1 Å². The molecule has 2 aromatic heterocycles. The Morgan fingerprint density at radius 3 is 1.52 bits per heavy atom. The molecule has 1 fully saturated rings. The Labute approximate surface area is 349 Å². The van der Waals surface area contributed by atoms with Crippen LogP contribution >= 0.6 is 15.9 Å². The fourth-order valence-electron chi connectivity index (χ4n) is 4.99. The number of hydrogen-bond acceptors (Lipinski definition) is 10. The van der Waals surface area contributed by atoms with E-state index in [4.69, 9.17) is 28.3 Å². The van der Waals surface area contributed by atoms with Gasteiger partial charge in [0.15, 0.2) is 0 Å². The largest absolute Gasteiger partial charge is 0.495 e. The lowest BCUT2D eigenvalue weighted by molar-refractivity contribution is 0.00578. The van der Waals surface area contributed by atoms with Gasteiger partial charge in [0.2, 0.25) is 0 Å². The van der Waals surface area contributed by atoms with Crippen molar-refractivity contribution in [2.24, 2.45) is 14.1 Å².